The quantitative estimate of drug-likeness (QED) is 0.378. The number of carbonyl (C=O) groups excluding carboxylic acids is 1. The third-order valence-electron chi connectivity index (χ3n) is 2.62. The molecule has 6 heteroatoms. The standard InChI is InChI=1S/C15H17N3O3/c16-9-13(11-17-8-4-7-14(19)20)15(21)18-10-12-5-2-1-3-6-12/h1-3,5-6,11,17H,4,7-8,10H2,(H,18,21)(H,19,20)/b13-11+. The van der Waals surface area contributed by atoms with Crippen molar-refractivity contribution in [3.63, 3.8) is 0 Å². The van der Waals surface area contributed by atoms with Gasteiger partial charge in [0, 0.05) is 25.7 Å². The molecule has 3 N–H and O–H groups in total. The highest BCUT2D eigenvalue weighted by Crippen LogP contribution is 1.99. The molecule has 0 bridgehead atoms. The molecule has 0 saturated carbocycles. The molecule has 1 rings (SSSR count). The van der Waals surface area contributed by atoms with E-state index in [0.29, 0.717) is 19.5 Å². The van der Waals surface area contributed by atoms with Crippen LogP contribution >= 0.6 is 0 Å². The molecular formula is C15H17N3O3. The maximum Gasteiger partial charge on any atom is 0.303 e. The third-order valence-corrected chi connectivity index (χ3v) is 2.62. The van der Waals surface area contributed by atoms with Crippen LogP contribution in [0.5, 0.6) is 0 Å². The molecule has 0 radical (unpaired) electrons. The first-order valence-corrected chi connectivity index (χ1v) is 6.51. The Bertz CT molecular complexity index is 547. The van der Waals surface area contributed by atoms with E-state index in [2.05, 4.69) is 10.6 Å². The summed E-state index contributed by atoms with van der Waals surface area (Å²) in [4.78, 5) is 22.1. The fourth-order valence-corrected chi connectivity index (χ4v) is 1.54. The van der Waals surface area contributed by atoms with Crippen molar-refractivity contribution in [1.82, 2.24) is 10.6 Å². The van der Waals surface area contributed by atoms with Crippen LogP contribution in [0, 0.1) is 11.3 Å². The molecule has 0 spiro atoms. The number of nitriles is 1. The molecule has 0 heterocycles. The average Bonchev–Trinajstić information content (AvgIpc) is 2.49. The zero-order chi connectivity index (χ0) is 15.5. The van der Waals surface area contributed by atoms with E-state index >= 15 is 0 Å². The van der Waals surface area contributed by atoms with Crippen molar-refractivity contribution in [3.05, 3.63) is 47.7 Å². The molecule has 21 heavy (non-hydrogen) atoms. The zero-order valence-corrected chi connectivity index (χ0v) is 11.5. The molecule has 1 aromatic carbocycles. The van der Waals surface area contributed by atoms with E-state index in [0.717, 1.165) is 5.56 Å². The zero-order valence-electron chi connectivity index (χ0n) is 11.5. The van der Waals surface area contributed by atoms with Gasteiger partial charge in [-0.15, -0.1) is 0 Å². The Balaban J connectivity index is 2.38. The number of carboxylic acids is 1. The van der Waals surface area contributed by atoms with Crippen molar-refractivity contribution >= 4 is 11.9 Å². The number of nitrogens with zero attached hydrogens (tertiary/aromatic N) is 1. The average molecular weight is 287 g/mol. The summed E-state index contributed by atoms with van der Waals surface area (Å²) in [5.74, 6) is -1.34. The smallest absolute Gasteiger partial charge is 0.303 e. The van der Waals surface area contributed by atoms with Gasteiger partial charge in [0.2, 0.25) is 0 Å². The summed E-state index contributed by atoms with van der Waals surface area (Å²) in [6.07, 6.45) is 1.78. The molecule has 0 fully saturated rings. The summed E-state index contributed by atoms with van der Waals surface area (Å²) in [5, 5.41) is 22.8. The van der Waals surface area contributed by atoms with E-state index in [4.69, 9.17) is 10.4 Å². The summed E-state index contributed by atoms with van der Waals surface area (Å²) in [6, 6.07) is 11.2. The highest BCUT2D eigenvalue weighted by Gasteiger charge is 2.07. The predicted molar refractivity (Wildman–Crippen MR) is 76.9 cm³/mol. The van der Waals surface area contributed by atoms with E-state index in [1.165, 1.54) is 6.20 Å². The fourth-order valence-electron chi connectivity index (χ4n) is 1.54. The van der Waals surface area contributed by atoms with Gasteiger partial charge in [-0.3, -0.25) is 9.59 Å². The van der Waals surface area contributed by atoms with Crippen molar-refractivity contribution in [3.8, 4) is 6.07 Å². The van der Waals surface area contributed by atoms with Gasteiger partial charge in [-0.1, -0.05) is 30.3 Å². The molecular weight excluding hydrogens is 270 g/mol. The van der Waals surface area contributed by atoms with E-state index in [1.807, 2.05) is 36.4 Å². The lowest BCUT2D eigenvalue weighted by Gasteiger charge is -2.05. The van der Waals surface area contributed by atoms with Crippen molar-refractivity contribution in [1.29, 1.82) is 5.26 Å². The van der Waals surface area contributed by atoms with Gasteiger partial charge in [-0.2, -0.15) is 5.26 Å². The van der Waals surface area contributed by atoms with Gasteiger partial charge in [-0.05, 0) is 12.0 Å². The van der Waals surface area contributed by atoms with Gasteiger partial charge in [0.15, 0.2) is 0 Å². The highest BCUT2D eigenvalue weighted by molar-refractivity contribution is 5.97. The van der Waals surface area contributed by atoms with E-state index in [9.17, 15) is 9.59 Å². The van der Waals surface area contributed by atoms with Gasteiger partial charge in [0.1, 0.15) is 11.6 Å². The number of rotatable bonds is 8. The van der Waals surface area contributed by atoms with Crippen molar-refractivity contribution in [2.75, 3.05) is 6.54 Å². The Hall–Kier alpha value is -2.81. The number of aliphatic carboxylic acids is 1. The molecule has 6 nitrogen and oxygen atoms in total. The molecule has 0 aliphatic carbocycles. The molecule has 0 unspecified atom stereocenters. The molecule has 0 aliphatic rings. The van der Waals surface area contributed by atoms with Crippen LogP contribution in [0.4, 0.5) is 0 Å². The lowest BCUT2D eigenvalue weighted by molar-refractivity contribution is -0.137. The molecule has 110 valence electrons. The largest absolute Gasteiger partial charge is 0.481 e. The van der Waals surface area contributed by atoms with Gasteiger partial charge in [0.05, 0.1) is 0 Å². The number of hydrogen-bond donors (Lipinski definition) is 3. The Morgan fingerprint density at radius 3 is 2.62 bits per heavy atom. The normalized spacial score (nSPS) is 10.5. The van der Waals surface area contributed by atoms with Gasteiger partial charge in [-0.25, -0.2) is 0 Å². The second-order valence-electron chi connectivity index (χ2n) is 4.29. The Kier molecular flexibility index (Phi) is 7.08. The van der Waals surface area contributed by atoms with Crippen LogP contribution in [0.1, 0.15) is 18.4 Å². The molecule has 1 aromatic rings. The van der Waals surface area contributed by atoms with Gasteiger partial charge < -0.3 is 15.7 Å². The fraction of sp³-hybridized carbons (Fsp3) is 0.267. The predicted octanol–water partition coefficient (Wildman–Crippen LogP) is 1.16. The number of nitrogens with one attached hydrogen (secondary N) is 2. The maximum atomic E-state index is 11.8. The minimum Gasteiger partial charge on any atom is -0.481 e. The topological polar surface area (TPSA) is 102 Å². The maximum absolute atomic E-state index is 11.8. The third kappa shape index (κ3) is 6.78. The summed E-state index contributed by atoms with van der Waals surface area (Å²) < 4.78 is 0. The van der Waals surface area contributed by atoms with Gasteiger partial charge in [0.25, 0.3) is 5.91 Å². The minimum absolute atomic E-state index is 0.0405. The van der Waals surface area contributed by atoms with Crippen molar-refractivity contribution in [2.45, 2.75) is 19.4 Å². The van der Waals surface area contributed by atoms with Crippen LogP contribution in [0.3, 0.4) is 0 Å². The first-order valence-electron chi connectivity index (χ1n) is 6.51. The Morgan fingerprint density at radius 2 is 2.00 bits per heavy atom. The van der Waals surface area contributed by atoms with Crippen LogP contribution < -0.4 is 10.6 Å². The van der Waals surface area contributed by atoms with Crippen molar-refractivity contribution in [2.24, 2.45) is 0 Å². The molecule has 0 atom stereocenters. The van der Waals surface area contributed by atoms with E-state index in [-0.39, 0.29) is 12.0 Å². The monoisotopic (exact) mass is 287 g/mol. The second kappa shape index (κ2) is 9.15. The molecule has 0 aromatic heterocycles. The summed E-state index contributed by atoms with van der Waals surface area (Å²) in [7, 11) is 0. The highest BCUT2D eigenvalue weighted by atomic mass is 16.4. The number of carboxylic acid groups (broad SMARTS) is 1. The summed E-state index contributed by atoms with van der Waals surface area (Å²) in [6.45, 7) is 0.737. The van der Waals surface area contributed by atoms with Crippen LogP contribution in [-0.2, 0) is 16.1 Å². The SMILES string of the molecule is N#C/C(=C\NCCCC(=O)O)C(=O)NCc1ccccc1. The number of hydrogen-bond acceptors (Lipinski definition) is 4. The molecule has 0 aliphatic heterocycles. The van der Waals surface area contributed by atoms with Crippen LogP contribution in [0.2, 0.25) is 0 Å². The lowest BCUT2D eigenvalue weighted by Crippen LogP contribution is -2.25. The second-order valence-corrected chi connectivity index (χ2v) is 4.29. The number of benzene rings is 1. The summed E-state index contributed by atoms with van der Waals surface area (Å²) in [5.41, 5.74) is 0.902. The first-order chi connectivity index (χ1) is 10.1. The van der Waals surface area contributed by atoms with Crippen LogP contribution in [0.15, 0.2) is 42.1 Å². The Morgan fingerprint density at radius 1 is 1.29 bits per heavy atom. The summed E-state index contributed by atoms with van der Waals surface area (Å²) >= 11 is 0. The van der Waals surface area contributed by atoms with E-state index < -0.39 is 11.9 Å². The van der Waals surface area contributed by atoms with E-state index in [1.54, 1.807) is 0 Å². The molecule has 1 amide bonds. The first kappa shape index (κ1) is 16.2. The van der Waals surface area contributed by atoms with Crippen molar-refractivity contribution < 1.29 is 14.7 Å². The number of carbonyl (C=O) groups is 2. The van der Waals surface area contributed by atoms with Gasteiger partial charge >= 0.3 is 5.97 Å². The number of amides is 1. The molecule has 0 saturated heterocycles. The Labute approximate surface area is 123 Å². The van der Waals surface area contributed by atoms with Crippen LogP contribution in [-0.4, -0.2) is 23.5 Å². The minimum atomic E-state index is -0.873. The van der Waals surface area contributed by atoms with Crippen LogP contribution in [0.25, 0.3) is 0 Å². The lowest BCUT2D eigenvalue weighted by atomic mass is 10.2.